The molecule has 9 heteroatoms. The summed E-state index contributed by atoms with van der Waals surface area (Å²) in [4.78, 5) is 36.6. The maximum absolute atomic E-state index is 12.6. The molecule has 2 heterocycles. The first-order valence-electron chi connectivity index (χ1n) is 8.73. The van der Waals surface area contributed by atoms with Crippen LogP contribution in [0.2, 0.25) is 0 Å². The van der Waals surface area contributed by atoms with Gasteiger partial charge < -0.3 is 24.0 Å². The molecule has 0 aliphatic rings. The highest BCUT2D eigenvalue weighted by atomic mass is 32.2. The number of benzene rings is 1. The van der Waals surface area contributed by atoms with Crippen LogP contribution in [0.4, 0.5) is 0 Å². The van der Waals surface area contributed by atoms with E-state index in [1.807, 2.05) is 6.26 Å². The number of phenols is 1. The predicted molar refractivity (Wildman–Crippen MR) is 107 cm³/mol. The monoisotopic (exact) mass is 417 g/mol. The molecule has 0 bridgehead atoms. The lowest BCUT2D eigenvalue weighted by Gasteiger charge is -2.17. The molecule has 3 aromatic rings. The van der Waals surface area contributed by atoms with Gasteiger partial charge in [0.2, 0.25) is 0 Å². The number of aromatic hydroxyl groups is 1. The SMILES string of the molecule is CSCC[C@@H](NC(=O)c1ccco1)C(=O)OCc1cc(=O)oc2cc(O)ccc12. The van der Waals surface area contributed by atoms with Gasteiger partial charge in [0.25, 0.3) is 5.91 Å². The van der Waals surface area contributed by atoms with Gasteiger partial charge in [-0.05, 0) is 42.7 Å². The highest BCUT2D eigenvalue weighted by Crippen LogP contribution is 2.22. The van der Waals surface area contributed by atoms with E-state index < -0.39 is 23.5 Å². The molecule has 3 rings (SSSR count). The van der Waals surface area contributed by atoms with Gasteiger partial charge in [-0.1, -0.05) is 0 Å². The Kier molecular flexibility index (Phi) is 6.61. The van der Waals surface area contributed by atoms with E-state index >= 15 is 0 Å². The van der Waals surface area contributed by atoms with Crippen LogP contribution < -0.4 is 10.9 Å². The second-order valence-corrected chi connectivity index (χ2v) is 7.15. The molecule has 29 heavy (non-hydrogen) atoms. The zero-order chi connectivity index (χ0) is 20.8. The smallest absolute Gasteiger partial charge is 0.336 e. The van der Waals surface area contributed by atoms with Crippen LogP contribution in [0.5, 0.6) is 5.75 Å². The standard InChI is InChI=1S/C20H19NO7S/c1-29-8-6-15(21-19(24)16-3-2-7-26-16)20(25)27-11-12-9-18(23)28-17-10-13(22)4-5-14(12)17/h2-5,7,9-10,15,22H,6,8,11H2,1H3,(H,21,24)/t15-/m1/s1. The molecule has 1 amide bonds. The van der Waals surface area contributed by atoms with Gasteiger partial charge in [-0.2, -0.15) is 11.8 Å². The number of esters is 1. The maximum Gasteiger partial charge on any atom is 0.336 e. The van der Waals surface area contributed by atoms with Gasteiger partial charge in [0.05, 0.1) is 6.26 Å². The van der Waals surface area contributed by atoms with Crippen molar-refractivity contribution in [1.29, 1.82) is 0 Å². The number of phenolic OH excluding ortho intramolecular Hbond substituents is 1. The Morgan fingerprint density at radius 2 is 2.10 bits per heavy atom. The van der Waals surface area contributed by atoms with Gasteiger partial charge in [0.1, 0.15) is 24.0 Å². The second-order valence-electron chi connectivity index (χ2n) is 6.16. The first kappa shape index (κ1) is 20.5. The molecule has 2 N–H and O–H groups in total. The Bertz CT molecular complexity index is 1060. The number of furan rings is 1. The lowest BCUT2D eigenvalue weighted by molar-refractivity contribution is -0.147. The number of hydrogen-bond acceptors (Lipinski definition) is 8. The molecule has 1 atom stereocenters. The minimum absolute atomic E-state index is 0.0486. The average Bonchev–Trinajstić information content (AvgIpc) is 3.23. The number of fused-ring (bicyclic) bond motifs is 1. The number of thioether (sulfide) groups is 1. The van der Waals surface area contributed by atoms with E-state index in [0.29, 0.717) is 23.1 Å². The van der Waals surface area contributed by atoms with Crippen LogP contribution in [-0.4, -0.2) is 35.0 Å². The fraction of sp³-hybridized carbons (Fsp3) is 0.250. The van der Waals surface area contributed by atoms with Gasteiger partial charge in [0, 0.05) is 23.1 Å². The van der Waals surface area contributed by atoms with Crippen molar-refractivity contribution in [2.45, 2.75) is 19.1 Å². The van der Waals surface area contributed by atoms with Crippen LogP contribution in [0, 0.1) is 0 Å². The Balaban J connectivity index is 1.73. The number of carbonyl (C=O) groups is 2. The zero-order valence-corrected chi connectivity index (χ0v) is 16.4. The molecular weight excluding hydrogens is 398 g/mol. The summed E-state index contributed by atoms with van der Waals surface area (Å²) in [6, 6.07) is 7.76. The highest BCUT2D eigenvalue weighted by Gasteiger charge is 2.24. The molecule has 0 aliphatic heterocycles. The lowest BCUT2D eigenvalue weighted by Crippen LogP contribution is -2.42. The van der Waals surface area contributed by atoms with Crippen LogP contribution in [-0.2, 0) is 16.1 Å². The van der Waals surface area contributed by atoms with Crippen molar-refractivity contribution in [2.24, 2.45) is 0 Å². The van der Waals surface area contributed by atoms with Crippen LogP contribution in [0.15, 0.2) is 56.3 Å². The molecule has 8 nitrogen and oxygen atoms in total. The minimum Gasteiger partial charge on any atom is -0.508 e. The van der Waals surface area contributed by atoms with Crippen LogP contribution in [0.1, 0.15) is 22.5 Å². The van der Waals surface area contributed by atoms with E-state index in [0.717, 1.165) is 0 Å². The predicted octanol–water partition coefficient (Wildman–Crippen LogP) is 2.69. The summed E-state index contributed by atoms with van der Waals surface area (Å²) in [5.41, 5.74) is -0.00149. The molecule has 0 radical (unpaired) electrons. The summed E-state index contributed by atoms with van der Waals surface area (Å²) in [6.45, 7) is -0.182. The van der Waals surface area contributed by atoms with Gasteiger partial charge >= 0.3 is 11.6 Å². The van der Waals surface area contributed by atoms with Gasteiger partial charge in [0.15, 0.2) is 5.76 Å². The Morgan fingerprint density at radius 3 is 2.83 bits per heavy atom. The third kappa shape index (κ3) is 5.20. The number of carbonyl (C=O) groups excluding carboxylic acids is 2. The molecule has 0 saturated carbocycles. The van der Waals surface area contributed by atoms with Crippen molar-refractivity contribution in [3.63, 3.8) is 0 Å². The van der Waals surface area contributed by atoms with E-state index in [1.165, 1.54) is 42.3 Å². The summed E-state index contributed by atoms with van der Waals surface area (Å²) in [5.74, 6) is -0.459. The van der Waals surface area contributed by atoms with Gasteiger partial charge in [-0.15, -0.1) is 0 Å². The quantitative estimate of drug-likeness (QED) is 0.424. The number of rotatable bonds is 8. The van der Waals surface area contributed by atoms with E-state index in [4.69, 9.17) is 13.6 Å². The minimum atomic E-state index is -0.865. The third-order valence-corrected chi connectivity index (χ3v) is 4.77. The molecule has 0 fully saturated rings. The van der Waals surface area contributed by atoms with Crippen molar-refractivity contribution in [3.8, 4) is 5.75 Å². The van der Waals surface area contributed by atoms with Crippen molar-refractivity contribution in [3.05, 3.63) is 64.4 Å². The Morgan fingerprint density at radius 1 is 1.28 bits per heavy atom. The first-order chi connectivity index (χ1) is 14.0. The van der Waals surface area contributed by atoms with Crippen LogP contribution in [0.3, 0.4) is 0 Å². The Labute approximate surface area is 169 Å². The lowest BCUT2D eigenvalue weighted by atomic mass is 10.1. The number of hydrogen-bond donors (Lipinski definition) is 2. The van der Waals surface area contributed by atoms with Crippen molar-refractivity contribution >= 4 is 34.6 Å². The van der Waals surface area contributed by atoms with E-state index in [1.54, 1.807) is 12.1 Å². The fourth-order valence-electron chi connectivity index (χ4n) is 2.71. The molecular formula is C20H19NO7S. The molecule has 152 valence electrons. The third-order valence-electron chi connectivity index (χ3n) is 4.13. The number of amides is 1. The first-order valence-corrected chi connectivity index (χ1v) is 10.1. The summed E-state index contributed by atoms with van der Waals surface area (Å²) in [6.07, 6.45) is 3.63. The second kappa shape index (κ2) is 9.33. The highest BCUT2D eigenvalue weighted by molar-refractivity contribution is 7.98. The molecule has 0 saturated heterocycles. The topological polar surface area (TPSA) is 119 Å². The average molecular weight is 417 g/mol. The van der Waals surface area contributed by atoms with E-state index in [9.17, 15) is 19.5 Å². The summed E-state index contributed by atoms with van der Waals surface area (Å²) in [7, 11) is 0. The van der Waals surface area contributed by atoms with Crippen molar-refractivity contribution < 1.29 is 28.3 Å². The normalized spacial score (nSPS) is 11.9. The van der Waals surface area contributed by atoms with Crippen LogP contribution >= 0.6 is 11.8 Å². The Hall–Kier alpha value is -3.20. The molecule has 2 aromatic heterocycles. The van der Waals surface area contributed by atoms with E-state index in [2.05, 4.69) is 5.32 Å². The largest absolute Gasteiger partial charge is 0.508 e. The zero-order valence-electron chi connectivity index (χ0n) is 15.5. The van der Waals surface area contributed by atoms with Gasteiger partial charge in [-0.25, -0.2) is 9.59 Å². The van der Waals surface area contributed by atoms with Crippen LogP contribution in [0.25, 0.3) is 11.0 Å². The summed E-state index contributed by atoms with van der Waals surface area (Å²) < 4.78 is 15.5. The van der Waals surface area contributed by atoms with Gasteiger partial charge in [-0.3, -0.25) is 4.79 Å². The number of nitrogens with one attached hydrogen (secondary N) is 1. The van der Waals surface area contributed by atoms with Crippen molar-refractivity contribution in [1.82, 2.24) is 5.32 Å². The summed E-state index contributed by atoms with van der Waals surface area (Å²) >= 11 is 1.53. The fourth-order valence-corrected chi connectivity index (χ4v) is 3.18. The summed E-state index contributed by atoms with van der Waals surface area (Å²) in [5, 5.41) is 12.7. The number of ether oxygens (including phenoxy) is 1. The molecule has 0 spiro atoms. The molecule has 1 aromatic carbocycles. The maximum atomic E-state index is 12.6. The molecule has 0 aliphatic carbocycles. The van der Waals surface area contributed by atoms with E-state index in [-0.39, 0.29) is 23.7 Å². The van der Waals surface area contributed by atoms with Crippen molar-refractivity contribution in [2.75, 3.05) is 12.0 Å². The molecule has 0 unspecified atom stereocenters.